The topological polar surface area (TPSA) is 35.5 Å². The maximum Gasteiger partial charge on any atom is 0.356 e. The smallest absolute Gasteiger partial charge is 0.309 e. The van der Waals surface area contributed by atoms with Gasteiger partial charge in [-0.15, -0.1) is 0 Å². The Hall–Kier alpha value is -0.890. The summed E-state index contributed by atoms with van der Waals surface area (Å²) >= 11 is 0. The van der Waals surface area contributed by atoms with Crippen LogP contribution in [0.15, 0.2) is 42.2 Å². The van der Waals surface area contributed by atoms with E-state index in [0.29, 0.717) is 11.7 Å². The number of rotatable bonds is 6. The van der Waals surface area contributed by atoms with Gasteiger partial charge in [-0.25, -0.2) is 0 Å². The van der Waals surface area contributed by atoms with Crippen molar-refractivity contribution in [2.45, 2.75) is 12.8 Å². The molecule has 0 aliphatic carbocycles. The third-order valence-electron chi connectivity index (χ3n) is 2.41. The molecule has 0 atom stereocenters. The van der Waals surface area contributed by atoms with E-state index in [9.17, 15) is 4.57 Å². The summed E-state index contributed by atoms with van der Waals surface area (Å²) in [4.78, 5) is 0. The average molecular weight is 240 g/mol. The number of aryl methyl sites for hydroxylation is 1. The van der Waals surface area contributed by atoms with Crippen molar-refractivity contribution < 1.29 is 13.6 Å². The van der Waals surface area contributed by atoms with E-state index in [1.54, 1.807) is 0 Å². The summed E-state index contributed by atoms with van der Waals surface area (Å²) in [5.74, 6) is 0. The van der Waals surface area contributed by atoms with Crippen LogP contribution in [0.25, 0.3) is 0 Å². The van der Waals surface area contributed by atoms with Crippen LogP contribution in [0, 0.1) is 0 Å². The fourth-order valence-electron chi connectivity index (χ4n) is 1.40. The fourth-order valence-corrected chi connectivity index (χ4v) is 2.45. The van der Waals surface area contributed by atoms with Crippen LogP contribution in [0.4, 0.5) is 0 Å². The SMILES string of the molecule is C=C(CCc1ccccc1)P(=O)(OC)OC. The van der Waals surface area contributed by atoms with Crippen molar-refractivity contribution in [2.75, 3.05) is 14.2 Å². The first-order valence-electron chi connectivity index (χ1n) is 5.06. The second-order valence-corrected chi connectivity index (χ2v) is 5.77. The van der Waals surface area contributed by atoms with E-state index in [1.165, 1.54) is 19.8 Å². The third-order valence-corrected chi connectivity index (χ3v) is 4.37. The van der Waals surface area contributed by atoms with Crippen molar-refractivity contribution in [3.63, 3.8) is 0 Å². The summed E-state index contributed by atoms with van der Waals surface area (Å²) in [6.07, 6.45) is 1.39. The van der Waals surface area contributed by atoms with Gasteiger partial charge in [0.2, 0.25) is 0 Å². The summed E-state index contributed by atoms with van der Waals surface area (Å²) in [5.41, 5.74) is 1.18. The van der Waals surface area contributed by atoms with Gasteiger partial charge in [-0.05, 0) is 18.4 Å². The molecule has 0 unspecified atom stereocenters. The minimum atomic E-state index is -3.10. The highest BCUT2D eigenvalue weighted by Gasteiger charge is 2.24. The van der Waals surface area contributed by atoms with E-state index in [-0.39, 0.29) is 0 Å². The molecule has 0 bridgehead atoms. The summed E-state index contributed by atoms with van der Waals surface area (Å²) in [7, 11) is -0.358. The molecule has 0 N–H and O–H groups in total. The van der Waals surface area contributed by atoms with Crippen LogP contribution in [0.1, 0.15) is 12.0 Å². The molecule has 0 fully saturated rings. The van der Waals surface area contributed by atoms with Crippen molar-refractivity contribution in [1.29, 1.82) is 0 Å². The maximum atomic E-state index is 11.9. The molecule has 0 spiro atoms. The molecule has 1 aromatic rings. The zero-order chi connectivity index (χ0) is 12.0. The van der Waals surface area contributed by atoms with Crippen LogP contribution in [-0.2, 0) is 20.0 Å². The van der Waals surface area contributed by atoms with E-state index >= 15 is 0 Å². The zero-order valence-corrected chi connectivity index (χ0v) is 10.6. The number of benzene rings is 1. The molecule has 16 heavy (non-hydrogen) atoms. The van der Waals surface area contributed by atoms with Gasteiger partial charge in [0.05, 0.1) is 0 Å². The molecule has 0 saturated heterocycles. The first-order chi connectivity index (χ1) is 7.62. The van der Waals surface area contributed by atoms with Gasteiger partial charge in [0, 0.05) is 19.5 Å². The minimum Gasteiger partial charge on any atom is -0.309 e. The van der Waals surface area contributed by atoms with Crippen molar-refractivity contribution >= 4 is 7.60 Å². The van der Waals surface area contributed by atoms with E-state index in [4.69, 9.17) is 9.05 Å². The fraction of sp³-hybridized carbons (Fsp3) is 0.333. The lowest BCUT2D eigenvalue weighted by atomic mass is 10.1. The molecule has 0 aliphatic rings. The minimum absolute atomic E-state index is 0.515. The predicted molar refractivity (Wildman–Crippen MR) is 65.5 cm³/mol. The molecular formula is C12H17O3P. The van der Waals surface area contributed by atoms with Gasteiger partial charge in [-0.3, -0.25) is 4.57 Å². The quantitative estimate of drug-likeness (QED) is 0.712. The van der Waals surface area contributed by atoms with E-state index in [1.807, 2.05) is 30.3 Å². The molecule has 1 aromatic carbocycles. The van der Waals surface area contributed by atoms with E-state index in [0.717, 1.165) is 6.42 Å². The van der Waals surface area contributed by atoms with Crippen molar-refractivity contribution in [3.05, 3.63) is 47.8 Å². The second-order valence-electron chi connectivity index (χ2n) is 3.41. The molecule has 3 nitrogen and oxygen atoms in total. The van der Waals surface area contributed by atoms with Crippen molar-refractivity contribution in [3.8, 4) is 0 Å². The monoisotopic (exact) mass is 240 g/mol. The Balaban J connectivity index is 2.57. The standard InChI is InChI=1S/C12H17O3P/c1-11(16(13,14-2)15-3)9-10-12-7-5-4-6-8-12/h4-8H,1,9-10H2,2-3H3. The van der Waals surface area contributed by atoms with Crippen LogP contribution in [0.2, 0.25) is 0 Å². The molecule has 88 valence electrons. The molecule has 0 amide bonds. The Bertz CT molecular complexity index is 379. The lowest BCUT2D eigenvalue weighted by molar-refractivity contribution is 0.282. The lowest BCUT2D eigenvalue weighted by Crippen LogP contribution is -1.94. The van der Waals surface area contributed by atoms with Crippen LogP contribution < -0.4 is 0 Å². The first kappa shape index (κ1) is 13.2. The molecule has 1 rings (SSSR count). The Labute approximate surface area is 96.6 Å². The number of allylic oxidation sites excluding steroid dienone is 1. The van der Waals surface area contributed by atoms with Crippen LogP contribution >= 0.6 is 7.60 Å². The normalized spacial score (nSPS) is 11.4. The van der Waals surface area contributed by atoms with Gasteiger partial charge in [-0.2, -0.15) is 0 Å². The highest BCUT2D eigenvalue weighted by atomic mass is 31.2. The number of hydrogen-bond acceptors (Lipinski definition) is 3. The summed E-state index contributed by atoms with van der Waals surface area (Å²) in [6, 6.07) is 9.97. The highest BCUT2D eigenvalue weighted by molar-refractivity contribution is 7.58. The van der Waals surface area contributed by atoms with Gasteiger partial charge >= 0.3 is 7.60 Å². The molecule has 0 aliphatic heterocycles. The average Bonchev–Trinajstić information content (AvgIpc) is 2.36. The third kappa shape index (κ3) is 3.31. The Morgan fingerprint density at radius 2 is 1.81 bits per heavy atom. The molecule has 0 heterocycles. The van der Waals surface area contributed by atoms with Gasteiger partial charge in [0.25, 0.3) is 0 Å². The van der Waals surface area contributed by atoms with Crippen LogP contribution in [0.3, 0.4) is 0 Å². The largest absolute Gasteiger partial charge is 0.356 e. The Morgan fingerprint density at radius 3 is 2.31 bits per heavy atom. The van der Waals surface area contributed by atoms with Crippen LogP contribution in [-0.4, -0.2) is 14.2 Å². The van der Waals surface area contributed by atoms with Crippen molar-refractivity contribution in [1.82, 2.24) is 0 Å². The van der Waals surface area contributed by atoms with Gasteiger partial charge < -0.3 is 9.05 Å². The Kier molecular flexibility index (Phi) is 4.94. The molecule has 0 radical (unpaired) electrons. The van der Waals surface area contributed by atoms with E-state index in [2.05, 4.69) is 6.58 Å². The number of hydrogen-bond donors (Lipinski definition) is 0. The van der Waals surface area contributed by atoms with Crippen LogP contribution in [0.5, 0.6) is 0 Å². The van der Waals surface area contributed by atoms with Gasteiger partial charge in [-0.1, -0.05) is 36.9 Å². The maximum absolute atomic E-state index is 11.9. The second kappa shape index (κ2) is 6.00. The summed E-state index contributed by atoms with van der Waals surface area (Å²) in [5, 5.41) is 0.515. The van der Waals surface area contributed by atoms with Crippen molar-refractivity contribution in [2.24, 2.45) is 0 Å². The summed E-state index contributed by atoms with van der Waals surface area (Å²) in [6.45, 7) is 3.77. The summed E-state index contributed by atoms with van der Waals surface area (Å²) < 4.78 is 21.7. The van der Waals surface area contributed by atoms with E-state index < -0.39 is 7.60 Å². The highest BCUT2D eigenvalue weighted by Crippen LogP contribution is 2.55. The Morgan fingerprint density at radius 1 is 1.25 bits per heavy atom. The van der Waals surface area contributed by atoms with Gasteiger partial charge in [0.15, 0.2) is 0 Å². The first-order valence-corrected chi connectivity index (χ1v) is 6.60. The lowest BCUT2D eigenvalue weighted by Gasteiger charge is -2.15. The van der Waals surface area contributed by atoms with Gasteiger partial charge in [0.1, 0.15) is 0 Å². The molecule has 4 heteroatoms. The molecule has 0 saturated carbocycles. The molecular weight excluding hydrogens is 223 g/mol. The molecule has 0 aromatic heterocycles. The predicted octanol–water partition coefficient (Wildman–Crippen LogP) is 3.62. The zero-order valence-electron chi connectivity index (χ0n) is 9.68.